The van der Waals surface area contributed by atoms with Gasteiger partial charge in [0.1, 0.15) is 5.75 Å². The molecule has 0 radical (unpaired) electrons. The van der Waals surface area contributed by atoms with Gasteiger partial charge in [0.15, 0.2) is 0 Å². The summed E-state index contributed by atoms with van der Waals surface area (Å²) in [5.41, 5.74) is 0.938. The second-order valence-electron chi connectivity index (χ2n) is 5.82. The van der Waals surface area contributed by atoms with Crippen molar-refractivity contribution in [1.82, 2.24) is 5.32 Å². The fourth-order valence-electron chi connectivity index (χ4n) is 2.36. The summed E-state index contributed by atoms with van der Waals surface area (Å²) in [5.74, 6) is -0.361. The van der Waals surface area contributed by atoms with Crippen molar-refractivity contribution in [3.63, 3.8) is 0 Å². The lowest BCUT2D eigenvalue weighted by atomic mass is 10.1. The summed E-state index contributed by atoms with van der Waals surface area (Å²) >= 11 is 3.34. The summed E-state index contributed by atoms with van der Waals surface area (Å²) in [6, 6.07) is 14.2. The van der Waals surface area contributed by atoms with Gasteiger partial charge in [-0.15, -0.1) is 0 Å². The molecule has 0 aromatic heterocycles. The van der Waals surface area contributed by atoms with E-state index in [1.54, 1.807) is 30.3 Å². The number of benzene rings is 2. The van der Waals surface area contributed by atoms with Crippen LogP contribution in [0.5, 0.6) is 5.75 Å². The standard InChI is InChI=1S/C19H18BrNO4/c1-24-14-9-10-16(20)15(11-14)19(23)25-17(12-5-3-2-4-6-12)18(22)21-13-7-8-13/h2-6,9-11,13,17H,7-8H2,1H3,(H,21,22)/t17-/m1/s1. The van der Waals surface area contributed by atoms with Gasteiger partial charge in [-0.2, -0.15) is 0 Å². The van der Waals surface area contributed by atoms with Crippen molar-refractivity contribution >= 4 is 27.8 Å². The van der Waals surface area contributed by atoms with Crippen LogP contribution in [-0.4, -0.2) is 25.0 Å². The first kappa shape index (κ1) is 17.5. The van der Waals surface area contributed by atoms with Gasteiger partial charge in [-0.3, -0.25) is 4.79 Å². The van der Waals surface area contributed by atoms with Crippen LogP contribution in [0.1, 0.15) is 34.9 Å². The molecule has 1 atom stereocenters. The second kappa shape index (κ2) is 7.70. The molecule has 1 aliphatic carbocycles. The smallest absolute Gasteiger partial charge is 0.340 e. The van der Waals surface area contributed by atoms with Crippen molar-refractivity contribution in [2.45, 2.75) is 25.0 Å². The third-order valence-electron chi connectivity index (χ3n) is 3.88. The summed E-state index contributed by atoms with van der Waals surface area (Å²) in [5, 5.41) is 2.89. The van der Waals surface area contributed by atoms with E-state index in [1.165, 1.54) is 7.11 Å². The maximum atomic E-state index is 12.6. The first-order valence-corrected chi connectivity index (χ1v) is 8.77. The summed E-state index contributed by atoms with van der Waals surface area (Å²) in [6.07, 6.45) is 0.929. The number of esters is 1. The molecule has 5 nitrogen and oxygen atoms in total. The number of rotatable bonds is 6. The van der Waals surface area contributed by atoms with Gasteiger partial charge < -0.3 is 14.8 Å². The molecule has 0 spiro atoms. The Labute approximate surface area is 154 Å². The van der Waals surface area contributed by atoms with E-state index in [9.17, 15) is 9.59 Å². The van der Waals surface area contributed by atoms with Gasteiger partial charge >= 0.3 is 5.97 Å². The monoisotopic (exact) mass is 403 g/mol. The van der Waals surface area contributed by atoms with Crippen molar-refractivity contribution in [3.8, 4) is 5.75 Å². The topological polar surface area (TPSA) is 64.6 Å². The van der Waals surface area contributed by atoms with Crippen LogP contribution in [0.4, 0.5) is 0 Å². The molecule has 0 saturated heterocycles. The number of nitrogens with one attached hydrogen (secondary N) is 1. The Kier molecular flexibility index (Phi) is 5.38. The van der Waals surface area contributed by atoms with E-state index in [-0.39, 0.29) is 11.9 Å². The van der Waals surface area contributed by atoms with Crippen LogP contribution in [0, 0.1) is 0 Å². The average molecular weight is 404 g/mol. The number of ether oxygens (including phenoxy) is 2. The molecular weight excluding hydrogens is 386 g/mol. The lowest BCUT2D eigenvalue weighted by Gasteiger charge is -2.18. The molecule has 2 aromatic carbocycles. The quantitative estimate of drug-likeness (QED) is 0.747. The van der Waals surface area contributed by atoms with Crippen molar-refractivity contribution < 1.29 is 19.1 Å². The van der Waals surface area contributed by atoms with Crippen LogP contribution >= 0.6 is 15.9 Å². The Morgan fingerprint density at radius 3 is 2.52 bits per heavy atom. The van der Waals surface area contributed by atoms with Crippen LogP contribution in [0.2, 0.25) is 0 Å². The molecule has 1 amide bonds. The highest BCUT2D eigenvalue weighted by Crippen LogP contribution is 2.27. The molecule has 6 heteroatoms. The highest BCUT2D eigenvalue weighted by Gasteiger charge is 2.31. The number of halogens is 1. The number of methoxy groups -OCH3 is 1. The van der Waals surface area contributed by atoms with Gasteiger partial charge in [0.25, 0.3) is 5.91 Å². The first-order valence-electron chi connectivity index (χ1n) is 7.98. The summed E-state index contributed by atoms with van der Waals surface area (Å²) in [7, 11) is 1.52. The second-order valence-corrected chi connectivity index (χ2v) is 6.68. The Bertz CT molecular complexity index is 774. The third kappa shape index (κ3) is 4.39. The van der Waals surface area contributed by atoms with E-state index in [4.69, 9.17) is 9.47 Å². The highest BCUT2D eigenvalue weighted by molar-refractivity contribution is 9.10. The van der Waals surface area contributed by atoms with E-state index in [0.717, 1.165) is 12.8 Å². The van der Waals surface area contributed by atoms with Gasteiger partial charge in [0, 0.05) is 16.1 Å². The molecule has 0 heterocycles. The number of amides is 1. The lowest BCUT2D eigenvalue weighted by Crippen LogP contribution is -2.33. The van der Waals surface area contributed by atoms with E-state index < -0.39 is 12.1 Å². The zero-order chi connectivity index (χ0) is 17.8. The number of hydrogen-bond donors (Lipinski definition) is 1. The number of carbonyl (C=O) groups excluding carboxylic acids is 2. The molecular formula is C19H18BrNO4. The van der Waals surface area contributed by atoms with Crippen LogP contribution in [0.3, 0.4) is 0 Å². The maximum absolute atomic E-state index is 12.6. The molecule has 1 fully saturated rings. The molecule has 0 unspecified atom stereocenters. The van der Waals surface area contributed by atoms with Crippen molar-refractivity contribution in [2.24, 2.45) is 0 Å². The summed E-state index contributed by atoms with van der Waals surface area (Å²) in [4.78, 5) is 25.2. The lowest BCUT2D eigenvalue weighted by molar-refractivity contribution is -0.130. The molecule has 0 aliphatic heterocycles. The Morgan fingerprint density at radius 2 is 1.88 bits per heavy atom. The van der Waals surface area contributed by atoms with Gasteiger partial charge in [-0.1, -0.05) is 30.3 Å². The van der Waals surface area contributed by atoms with E-state index in [2.05, 4.69) is 21.2 Å². The van der Waals surface area contributed by atoms with Crippen LogP contribution < -0.4 is 10.1 Å². The summed E-state index contributed by atoms with van der Waals surface area (Å²) < 4.78 is 11.3. The minimum absolute atomic E-state index is 0.181. The van der Waals surface area contributed by atoms with Crippen molar-refractivity contribution in [2.75, 3.05) is 7.11 Å². The first-order chi connectivity index (χ1) is 12.1. The van der Waals surface area contributed by atoms with E-state index in [1.807, 2.05) is 18.2 Å². The maximum Gasteiger partial charge on any atom is 0.340 e. The predicted molar refractivity (Wildman–Crippen MR) is 96.5 cm³/mol. The fourth-order valence-corrected chi connectivity index (χ4v) is 2.77. The normalized spacial score (nSPS) is 14.5. The molecule has 1 N–H and O–H groups in total. The third-order valence-corrected chi connectivity index (χ3v) is 4.57. The fraction of sp³-hybridized carbons (Fsp3) is 0.263. The number of carbonyl (C=O) groups is 2. The Morgan fingerprint density at radius 1 is 1.16 bits per heavy atom. The number of hydrogen-bond acceptors (Lipinski definition) is 4. The van der Waals surface area contributed by atoms with E-state index in [0.29, 0.717) is 21.3 Å². The SMILES string of the molecule is COc1ccc(Br)c(C(=O)O[C@@H](C(=O)NC2CC2)c2ccccc2)c1. The summed E-state index contributed by atoms with van der Waals surface area (Å²) in [6.45, 7) is 0. The van der Waals surface area contributed by atoms with Crippen LogP contribution in [0.15, 0.2) is 53.0 Å². The van der Waals surface area contributed by atoms with Crippen molar-refractivity contribution in [1.29, 1.82) is 0 Å². The molecule has 3 rings (SSSR count). The zero-order valence-electron chi connectivity index (χ0n) is 13.7. The van der Waals surface area contributed by atoms with Gasteiger partial charge in [0.05, 0.1) is 12.7 Å². The van der Waals surface area contributed by atoms with Crippen LogP contribution in [0.25, 0.3) is 0 Å². The largest absolute Gasteiger partial charge is 0.497 e. The Hall–Kier alpha value is -2.34. The minimum atomic E-state index is -0.993. The molecule has 2 aromatic rings. The zero-order valence-corrected chi connectivity index (χ0v) is 15.3. The van der Waals surface area contributed by atoms with Gasteiger partial charge in [-0.05, 0) is 47.0 Å². The Balaban J connectivity index is 1.84. The molecule has 130 valence electrons. The molecule has 0 bridgehead atoms. The highest BCUT2D eigenvalue weighted by atomic mass is 79.9. The van der Waals surface area contributed by atoms with Gasteiger partial charge in [-0.25, -0.2) is 4.79 Å². The predicted octanol–water partition coefficient (Wildman–Crippen LogP) is 3.63. The van der Waals surface area contributed by atoms with Crippen LogP contribution in [-0.2, 0) is 9.53 Å². The van der Waals surface area contributed by atoms with Crippen molar-refractivity contribution in [3.05, 3.63) is 64.1 Å². The van der Waals surface area contributed by atoms with E-state index >= 15 is 0 Å². The molecule has 1 aliphatic rings. The minimum Gasteiger partial charge on any atom is -0.497 e. The molecule has 1 saturated carbocycles. The van der Waals surface area contributed by atoms with Gasteiger partial charge in [0.2, 0.25) is 6.10 Å². The molecule has 25 heavy (non-hydrogen) atoms. The average Bonchev–Trinajstić information content (AvgIpc) is 3.44.